The first-order valence-electron chi connectivity index (χ1n) is 6.79. The van der Waals surface area contributed by atoms with Gasteiger partial charge in [0.25, 0.3) is 0 Å². The van der Waals surface area contributed by atoms with Gasteiger partial charge in [0, 0.05) is 0 Å². The van der Waals surface area contributed by atoms with Gasteiger partial charge in [-0.1, -0.05) is 6.92 Å². The molecule has 1 aromatic carbocycles. The molecule has 122 valence electrons. The predicted octanol–water partition coefficient (Wildman–Crippen LogP) is 1.33. The molecule has 0 saturated heterocycles. The lowest BCUT2D eigenvalue weighted by Gasteiger charge is -2.09. The van der Waals surface area contributed by atoms with Crippen molar-refractivity contribution in [1.82, 2.24) is 0 Å². The molecule has 8 heteroatoms. The Morgan fingerprint density at radius 2 is 1.95 bits per heavy atom. The molecule has 0 bridgehead atoms. The van der Waals surface area contributed by atoms with Gasteiger partial charge >= 0.3 is 5.97 Å². The summed E-state index contributed by atoms with van der Waals surface area (Å²) >= 11 is 0. The molecule has 7 nitrogen and oxygen atoms in total. The maximum absolute atomic E-state index is 11.7. The van der Waals surface area contributed by atoms with Gasteiger partial charge in [-0.3, -0.25) is 4.79 Å². The first kappa shape index (κ1) is 18.0. The lowest BCUT2D eigenvalue weighted by molar-refractivity contribution is -0.113. The number of sulfone groups is 1. The molecule has 1 aromatic rings. The van der Waals surface area contributed by atoms with Crippen LogP contribution >= 0.6 is 0 Å². The van der Waals surface area contributed by atoms with Crippen molar-refractivity contribution in [3.8, 4) is 5.75 Å². The summed E-state index contributed by atoms with van der Waals surface area (Å²) in [5.41, 5.74) is 0.167. The smallest absolute Gasteiger partial charge is 0.338 e. The van der Waals surface area contributed by atoms with Crippen molar-refractivity contribution in [3.05, 3.63) is 23.8 Å². The highest BCUT2D eigenvalue weighted by molar-refractivity contribution is 7.92. The van der Waals surface area contributed by atoms with Crippen LogP contribution in [0.2, 0.25) is 0 Å². The fraction of sp³-hybridized carbons (Fsp3) is 0.429. The Hall–Kier alpha value is -2.09. The standard InChI is InChI=1S/C14H19NO6S/c1-3-7-22(19,20)9-13(17)15-11-6-5-10(8-12(11)16)14(18)21-4-2/h5-6,8,16H,3-4,7,9H2,1-2H3,(H,15,17). The summed E-state index contributed by atoms with van der Waals surface area (Å²) in [5.74, 6) is -2.41. The van der Waals surface area contributed by atoms with E-state index in [2.05, 4.69) is 5.32 Å². The van der Waals surface area contributed by atoms with Crippen molar-refractivity contribution >= 4 is 27.4 Å². The number of esters is 1. The van der Waals surface area contributed by atoms with Crippen LogP contribution in [0.15, 0.2) is 18.2 Å². The number of rotatable bonds is 7. The van der Waals surface area contributed by atoms with E-state index in [1.54, 1.807) is 13.8 Å². The molecule has 0 spiro atoms. The highest BCUT2D eigenvalue weighted by Crippen LogP contribution is 2.24. The van der Waals surface area contributed by atoms with Gasteiger partial charge in [0.1, 0.15) is 11.5 Å². The molecule has 0 aliphatic rings. The molecule has 0 atom stereocenters. The molecule has 1 rings (SSSR count). The minimum atomic E-state index is -3.46. The minimum absolute atomic E-state index is 0.0322. The Morgan fingerprint density at radius 3 is 2.50 bits per heavy atom. The normalized spacial score (nSPS) is 11.0. The molecule has 0 aliphatic carbocycles. The maximum Gasteiger partial charge on any atom is 0.338 e. The zero-order valence-corrected chi connectivity index (χ0v) is 13.3. The van der Waals surface area contributed by atoms with Crippen LogP contribution in [0.25, 0.3) is 0 Å². The zero-order valence-electron chi connectivity index (χ0n) is 12.5. The number of phenolic OH excluding ortho intramolecular Hbond substituents is 1. The van der Waals surface area contributed by atoms with Crippen molar-refractivity contribution in [2.45, 2.75) is 20.3 Å². The largest absolute Gasteiger partial charge is 0.506 e. The Labute approximate surface area is 129 Å². The van der Waals surface area contributed by atoms with Crippen molar-refractivity contribution in [2.75, 3.05) is 23.4 Å². The second-order valence-corrected chi connectivity index (χ2v) is 6.78. The molecular formula is C14H19NO6S. The van der Waals surface area contributed by atoms with E-state index in [1.807, 2.05) is 0 Å². The van der Waals surface area contributed by atoms with E-state index < -0.39 is 27.5 Å². The summed E-state index contributed by atoms with van der Waals surface area (Å²) in [7, 11) is -3.46. The highest BCUT2D eigenvalue weighted by Gasteiger charge is 2.17. The van der Waals surface area contributed by atoms with E-state index in [0.717, 1.165) is 6.07 Å². The summed E-state index contributed by atoms with van der Waals surface area (Å²) in [4.78, 5) is 23.2. The van der Waals surface area contributed by atoms with E-state index in [-0.39, 0.29) is 29.4 Å². The number of phenols is 1. The van der Waals surface area contributed by atoms with E-state index >= 15 is 0 Å². The minimum Gasteiger partial charge on any atom is -0.506 e. The van der Waals surface area contributed by atoms with Crippen LogP contribution in [-0.4, -0.2) is 43.5 Å². The molecule has 0 saturated carbocycles. The van der Waals surface area contributed by atoms with E-state index in [9.17, 15) is 23.1 Å². The molecule has 2 N–H and O–H groups in total. The third kappa shape index (κ3) is 5.36. The number of carbonyl (C=O) groups excluding carboxylic acids is 2. The van der Waals surface area contributed by atoms with E-state index in [1.165, 1.54) is 12.1 Å². The summed E-state index contributed by atoms with van der Waals surface area (Å²) in [6.45, 7) is 3.56. The third-order valence-corrected chi connectivity index (χ3v) is 4.38. The molecule has 0 radical (unpaired) electrons. The van der Waals surface area contributed by atoms with Crippen LogP contribution in [0.1, 0.15) is 30.6 Å². The number of ether oxygens (including phenoxy) is 1. The first-order valence-corrected chi connectivity index (χ1v) is 8.61. The number of anilines is 1. The van der Waals surface area contributed by atoms with Crippen LogP contribution in [0.5, 0.6) is 5.75 Å². The second-order valence-electron chi connectivity index (χ2n) is 4.59. The maximum atomic E-state index is 11.7. The summed E-state index contributed by atoms with van der Waals surface area (Å²) in [5, 5.41) is 12.1. The summed E-state index contributed by atoms with van der Waals surface area (Å²) in [6, 6.07) is 3.83. The summed E-state index contributed by atoms with van der Waals surface area (Å²) < 4.78 is 27.9. The number of hydrogen-bond acceptors (Lipinski definition) is 6. The van der Waals surface area contributed by atoms with Crippen molar-refractivity contribution in [1.29, 1.82) is 0 Å². The Morgan fingerprint density at radius 1 is 1.27 bits per heavy atom. The van der Waals surface area contributed by atoms with Crippen molar-refractivity contribution in [3.63, 3.8) is 0 Å². The lowest BCUT2D eigenvalue weighted by atomic mass is 10.2. The quantitative estimate of drug-likeness (QED) is 0.577. The molecule has 0 fully saturated rings. The number of hydrogen-bond donors (Lipinski definition) is 2. The SMILES string of the molecule is CCCS(=O)(=O)CC(=O)Nc1ccc(C(=O)OCC)cc1O. The van der Waals surface area contributed by atoms with Crippen LogP contribution in [0, 0.1) is 0 Å². The average molecular weight is 329 g/mol. The van der Waals surface area contributed by atoms with Gasteiger partial charge in [-0.05, 0) is 31.5 Å². The number of amides is 1. The Kier molecular flexibility index (Phi) is 6.36. The monoisotopic (exact) mass is 329 g/mol. The lowest BCUT2D eigenvalue weighted by Crippen LogP contribution is -2.24. The molecule has 1 amide bonds. The van der Waals surface area contributed by atoms with Gasteiger partial charge in [-0.2, -0.15) is 0 Å². The van der Waals surface area contributed by atoms with E-state index in [4.69, 9.17) is 4.74 Å². The predicted molar refractivity (Wildman–Crippen MR) is 81.6 cm³/mol. The van der Waals surface area contributed by atoms with Crippen LogP contribution in [-0.2, 0) is 19.4 Å². The van der Waals surface area contributed by atoms with Crippen LogP contribution in [0.4, 0.5) is 5.69 Å². The number of carbonyl (C=O) groups is 2. The molecular weight excluding hydrogens is 310 g/mol. The van der Waals surface area contributed by atoms with Crippen LogP contribution in [0.3, 0.4) is 0 Å². The molecule has 0 aromatic heterocycles. The van der Waals surface area contributed by atoms with Gasteiger partial charge in [0.2, 0.25) is 5.91 Å². The topological polar surface area (TPSA) is 110 Å². The van der Waals surface area contributed by atoms with Crippen molar-refractivity contribution < 1.29 is 27.9 Å². The Balaban J connectivity index is 2.78. The highest BCUT2D eigenvalue weighted by atomic mass is 32.2. The molecule has 0 heterocycles. The van der Waals surface area contributed by atoms with Gasteiger partial charge < -0.3 is 15.2 Å². The van der Waals surface area contributed by atoms with Crippen LogP contribution < -0.4 is 5.32 Å². The van der Waals surface area contributed by atoms with Gasteiger partial charge in [0.15, 0.2) is 9.84 Å². The zero-order chi connectivity index (χ0) is 16.8. The first-order chi connectivity index (χ1) is 10.3. The average Bonchev–Trinajstić information content (AvgIpc) is 2.40. The van der Waals surface area contributed by atoms with Gasteiger partial charge in [-0.15, -0.1) is 0 Å². The van der Waals surface area contributed by atoms with Crippen molar-refractivity contribution in [2.24, 2.45) is 0 Å². The fourth-order valence-corrected chi connectivity index (χ4v) is 2.99. The number of nitrogens with one attached hydrogen (secondary N) is 1. The Bertz CT molecular complexity index is 653. The third-order valence-electron chi connectivity index (χ3n) is 2.65. The molecule has 0 aliphatic heterocycles. The summed E-state index contributed by atoms with van der Waals surface area (Å²) in [6.07, 6.45) is 0.426. The number of benzene rings is 1. The van der Waals surface area contributed by atoms with E-state index in [0.29, 0.717) is 6.42 Å². The molecule has 22 heavy (non-hydrogen) atoms. The van der Waals surface area contributed by atoms with Gasteiger partial charge in [0.05, 0.1) is 23.6 Å². The number of aromatic hydroxyl groups is 1. The second kappa shape index (κ2) is 7.79. The molecule has 0 unspecified atom stereocenters. The fourth-order valence-electron chi connectivity index (χ4n) is 1.75. The van der Waals surface area contributed by atoms with Gasteiger partial charge in [-0.25, -0.2) is 13.2 Å².